The minimum absolute atomic E-state index is 0.0359. The minimum atomic E-state index is -0.0359. The van der Waals surface area contributed by atoms with Gasteiger partial charge in [-0.15, -0.1) is 10.2 Å². The van der Waals surface area contributed by atoms with Gasteiger partial charge in [-0.2, -0.15) is 0 Å². The Morgan fingerprint density at radius 2 is 2.05 bits per heavy atom. The van der Waals surface area contributed by atoms with E-state index in [1.54, 1.807) is 0 Å². The second-order valence-electron chi connectivity index (χ2n) is 6.33. The van der Waals surface area contributed by atoms with Crippen LogP contribution in [0.3, 0.4) is 0 Å². The van der Waals surface area contributed by atoms with Gasteiger partial charge in [0.1, 0.15) is 12.4 Å². The highest BCUT2D eigenvalue weighted by molar-refractivity contribution is 5.02. The van der Waals surface area contributed by atoms with Gasteiger partial charge in [-0.25, -0.2) is 0 Å². The van der Waals surface area contributed by atoms with E-state index in [1.807, 2.05) is 11.6 Å². The molecule has 0 aliphatic carbocycles. The second kappa shape index (κ2) is 6.85. The monoisotopic (exact) mass is 294 g/mol. The van der Waals surface area contributed by atoms with E-state index in [1.165, 1.54) is 19.4 Å². The predicted octanol–water partition coefficient (Wildman–Crippen LogP) is 0.913. The van der Waals surface area contributed by atoms with Gasteiger partial charge in [-0.05, 0) is 51.2 Å². The maximum atomic E-state index is 9.20. The van der Waals surface area contributed by atoms with Gasteiger partial charge in [0.15, 0.2) is 5.82 Å². The molecular weight excluding hydrogens is 268 g/mol. The number of aliphatic hydroxyl groups is 1. The van der Waals surface area contributed by atoms with Crippen LogP contribution in [0.25, 0.3) is 0 Å². The van der Waals surface area contributed by atoms with Crippen molar-refractivity contribution in [3.63, 3.8) is 0 Å². The van der Waals surface area contributed by atoms with Crippen LogP contribution in [-0.4, -0.2) is 57.6 Å². The number of likely N-dealkylation sites (tertiary alicyclic amines) is 1. The lowest BCUT2D eigenvalue weighted by molar-refractivity contribution is 0.168. The standard InChI is InChI=1S/C15H26N4O2/c1-18-14(10-20)16-17-15(18)13-3-7-19(8-4-13)6-2-12-5-9-21-11-12/h12-13,20H,2-11H2,1H3. The van der Waals surface area contributed by atoms with Crippen LogP contribution in [0.5, 0.6) is 0 Å². The summed E-state index contributed by atoms with van der Waals surface area (Å²) >= 11 is 0. The summed E-state index contributed by atoms with van der Waals surface area (Å²) in [5.74, 6) is 2.94. The van der Waals surface area contributed by atoms with Crippen LogP contribution in [0, 0.1) is 5.92 Å². The molecule has 1 N–H and O–H groups in total. The molecule has 6 nitrogen and oxygen atoms in total. The van der Waals surface area contributed by atoms with E-state index in [-0.39, 0.29) is 6.61 Å². The van der Waals surface area contributed by atoms with Crippen LogP contribution in [-0.2, 0) is 18.4 Å². The first-order valence-corrected chi connectivity index (χ1v) is 8.07. The average Bonchev–Trinajstić information content (AvgIpc) is 3.15. The molecule has 0 bridgehead atoms. The third kappa shape index (κ3) is 3.44. The van der Waals surface area contributed by atoms with Crippen molar-refractivity contribution in [1.82, 2.24) is 19.7 Å². The summed E-state index contributed by atoms with van der Waals surface area (Å²) in [6.07, 6.45) is 4.78. The molecule has 6 heteroatoms. The van der Waals surface area contributed by atoms with Crippen molar-refractivity contribution < 1.29 is 9.84 Å². The highest BCUT2D eigenvalue weighted by atomic mass is 16.5. The Morgan fingerprint density at radius 3 is 2.67 bits per heavy atom. The van der Waals surface area contributed by atoms with Crippen molar-refractivity contribution in [1.29, 1.82) is 0 Å². The van der Waals surface area contributed by atoms with Gasteiger partial charge in [-0.1, -0.05) is 0 Å². The molecule has 0 aromatic carbocycles. The molecule has 0 spiro atoms. The molecule has 0 saturated carbocycles. The number of aliphatic hydroxyl groups excluding tert-OH is 1. The fraction of sp³-hybridized carbons (Fsp3) is 0.867. The maximum absolute atomic E-state index is 9.20. The van der Waals surface area contributed by atoms with E-state index in [9.17, 15) is 5.11 Å². The molecule has 2 fully saturated rings. The molecule has 0 amide bonds. The molecule has 2 aliphatic rings. The summed E-state index contributed by atoms with van der Waals surface area (Å²) < 4.78 is 7.40. The Labute approximate surface area is 126 Å². The minimum Gasteiger partial charge on any atom is -0.388 e. The molecule has 3 heterocycles. The van der Waals surface area contributed by atoms with Crippen molar-refractivity contribution >= 4 is 0 Å². The lowest BCUT2D eigenvalue weighted by atomic mass is 9.95. The number of hydrogen-bond acceptors (Lipinski definition) is 5. The van der Waals surface area contributed by atoms with E-state index >= 15 is 0 Å². The van der Waals surface area contributed by atoms with E-state index in [0.717, 1.165) is 50.9 Å². The first-order chi connectivity index (χ1) is 10.3. The van der Waals surface area contributed by atoms with Crippen LogP contribution in [0.1, 0.15) is 43.3 Å². The SMILES string of the molecule is Cn1c(CO)nnc1C1CCN(CCC2CCOC2)CC1. The van der Waals surface area contributed by atoms with Crippen molar-refractivity contribution in [3.8, 4) is 0 Å². The van der Waals surface area contributed by atoms with E-state index in [2.05, 4.69) is 15.1 Å². The van der Waals surface area contributed by atoms with Crippen molar-refractivity contribution in [2.24, 2.45) is 13.0 Å². The number of ether oxygens (including phenoxy) is 1. The summed E-state index contributed by atoms with van der Waals surface area (Å²) in [6, 6.07) is 0. The highest BCUT2D eigenvalue weighted by Gasteiger charge is 2.25. The van der Waals surface area contributed by atoms with Gasteiger partial charge in [0.2, 0.25) is 0 Å². The van der Waals surface area contributed by atoms with Gasteiger partial charge in [-0.3, -0.25) is 0 Å². The van der Waals surface area contributed by atoms with Gasteiger partial charge in [0.25, 0.3) is 0 Å². The molecule has 1 aromatic rings. The summed E-state index contributed by atoms with van der Waals surface area (Å²) in [4.78, 5) is 2.57. The fourth-order valence-corrected chi connectivity index (χ4v) is 3.46. The first kappa shape index (κ1) is 14.9. The summed E-state index contributed by atoms with van der Waals surface area (Å²) in [6.45, 7) is 5.35. The second-order valence-corrected chi connectivity index (χ2v) is 6.33. The van der Waals surface area contributed by atoms with Crippen molar-refractivity contribution in [3.05, 3.63) is 11.6 Å². The van der Waals surface area contributed by atoms with Crippen molar-refractivity contribution in [2.75, 3.05) is 32.8 Å². The summed E-state index contributed by atoms with van der Waals surface area (Å²) in [5.41, 5.74) is 0. The number of nitrogens with zero attached hydrogens (tertiary/aromatic N) is 4. The zero-order valence-electron chi connectivity index (χ0n) is 12.9. The number of aromatic nitrogens is 3. The number of piperidine rings is 1. The quantitative estimate of drug-likeness (QED) is 0.874. The molecule has 3 rings (SSSR count). The van der Waals surface area contributed by atoms with Crippen LogP contribution in [0.2, 0.25) is 0 Å². The Kier molecular flexibility index (Phi) is 4.87. The topological polar surface area (TPSA) is 63.4 Å². The smallest absolute Gasteiger partial charge is 0.158 e. The molecule has 1 aromatic heterocycles. The lowest BCUT2D eigenvalue weighted by Crippen LogP contribution is -2.35. The van der Waals surface area contributed by atoms with Crippen LogP contribution < -0.4 is 0 Å². The summed E-state index contributed by atoms with van der Waals surface area (Å²) in [5, 5.41) is 17.5. The number of rotatable bonds is 5. The van der Waals surface area contributed by atoms with Gasteiger partial charge in [0, 0.05) is 26.2 Å². The third-order valence-corrected chi connectivity index (χ3v) is 4.97. The Hall–Kier alpha value is -0.980. The Bertz CT molecular complexity index is 449. The van der Waals surface area contributed by atoms with Crippen LogP contribution in [0.4, 0.5) is 0 Å². The Balaban J connectivity index is 1.46. The highest BCUT2D eigenvalue weighted by Crippen LogP contribution is 2.27. The van der Waals surface area contributed by atoms with E-state index < -0.39 is 0 Å². The molecule has 0 radical (unpaired) electrons. The molecular formula is C15H26N4O2. The largest absolute Gasteiger partial charge is 0.388 e. The van der Waals surface area contributed by atoms with Crippen LogP contribution in [0.15, 0.2) is 0 Å². The first-order valence-electron chi connectivity index (χ1n) is 8.07. The zero-order valence-corrected chi connectivity index (χ0v) is 12.9. The molecule has 21 heavy (non-hydrogen) atoms. The predicted molar refractivity (Wildman–Crippen MR) is 78.9 cm³/mol. The van der Waals surface area contributed by atoms with Gasteiger partial charge >= 0.3 is 0 Å². The Morgan fingerprint density at radius 1 is 1.24 bits per heavy atom. The normalized spacial score (nSPS) is 24.8. The fourth-order valence-electron chi connectivity index (χ4n) is 3.46. The molecule has 118 valence electrons. The third-order valence-electron chi connectivity index (χ3n) is 4.97. The maximum Gasteiger partial charge on any atom is 0.158 e. The van der Waals surface area contributed by atoms with Crippen LogP contribution >= 0.6 is 0 Å². The lowest BCUT2D eigenvalue weighted by Gasteiger charge is -2.31. The zero-order chi connectivity index (χ0) is 14.7. The average molecular weight is 294 g/mol. The van der Waals surface area contributed by atoms with E-state index in [4.69, 9.17) is 4.74 Å². The molecule has 2 aliphatic heterocycles. The summed E-state index contributed by atoms with van der Waals surface area (Å²) in [7, 11) is 1.95. The van der Waals surface area contributed by atoms with E-state index in [0.29, 0.717) is 11.7 Å². The molecule has 2 saturated heterocycles. The van der Waals surface area contributed by atoms with Gasteiger partial charge in [0.05, 0.1) is 0 Å². The molecule has 1 unspecified atom stereocenters. The van der Waals surface area contributed by atoms with Gasteiger partial charge < -0.3 is 19.3 Å². The number of hydrogen-bond donors (Lipinski definition) is 1. The van der Waals surface area contributed by atoms with Crippen molar-refractivity contribution in [2.45, 2.75) is 38.2 Å². The molecule has 1 atom stereocenters.